The van der Waals surface area contributed by atoms with E-state index in [0.717, 1.165) is 16.4 Å². The molecular weight excluding hydrogens is 280 g/mol. The van der Waals surface area contributed by atoms with Gasteiger partial charge in [-0.1, -0.05) is 6.07 Å². The monoisotopic (exact) mass is 296 g/mol. The Morgan fingerprint density at radius 3 is 2.73 bits per heavy atom. The third-order valence-electron chi connectivity index (χ3n) is 3.44. The first-order valence-electron chi connectivity index (χ1n) is 7.09. The van der Waals surface area contributed by atoms with Crippen molar-refractivity contribution in [3.63, 3.8) is 0 Å². The number of carbonyl (C=O) groups excluding carboxylic acids is 2. The number of nitrogens with zero attached hydrogens (tertiary/aromatic N) is 1. The van der Waals surface area contributed by atoms with Crippen LogP contribution in [0.4, 0.5) is 5.69 Å². The molecule has 0 saturated heterocycles. The van der Waals surface area contributed by atoms with Gasteiger partial charge in [0.15, 0.2) is 0 Å². The van der Waals surface area contributed by atoms with Gasteiger partial charge in [0.2, 0.25) is 5.91 Å². The first-order valence-corrected chi connectivity index (χ1v) is 7.09. The van der Waals surface area contributed by atoms with Crippen molar-refractivity contribution < 1.29 is 14.3 Å². The fourth-order valence-corrected chi connectivity index (χ4v) is 2.64. The number of carbonyl (C=O) groups is 2. The van der Waals surface area contributed by atoms with Crippen LogP contribution in [0, 0.1) is 0 Å². The first kappa shape index (κ1) is 14.1. The zero-order chi connectivity index (χ0) is 15.7. The molecule has 0 radical (unpaired) electrons. The summed E-state index contributed by atoms with van der Waals surface area (Å²) in [4.78, 5) is 23.5. The average molecular weight is 296 g/mol. The second-order valence-electron chi connectivity index (χ2n) is 4.96. The van der Waals surface area contributed by atoms with Crippen LogP contribution in [-0.4, -0.2) is 22.9 Å². The van der Waals surface area contributed by atoms with Crippen molar-refractivity contribution in [2.75, 3.05) is 11.9 Å². The van der Waals surface area contributed by atoms with Gasteiger partial charge >= 0.3 is 5.97 Å². The van der Waals surface area contributed by atoms with Crippen molar-refractivity contribution in [3.8, 4) is 0 Å². The van der Waals surface area contributed by atoms with Gasteiger partial charge in [-0.25, -0.2) is 4.79 Å². The van der Waals surface area contributed by atoms with E-state index in [1.165, 1.54) is 6.92 Å². The standard InChI is InChI=1S/C17H16N2O3/c1-3-22-17(21)16-13-8-7-12(18-11(2)20)10-15(13)19-9-5-4-6-14(16)19/h4-10H,3H2,1-2H3,(H,18,20). The molecule has 2 aromatic heterocycles. The molecule has 1 amide bonds. The average Bonchev–Trinajstić information content (AvgIpc) is 2.81. The highest BCUT2D eigenvalue weighted by atomic mass is 16.5. The highest BCUT2D eigenvalue weighted by Crippen LogP contribution is 2.29. The Morgan fingerprint density at radius 1 is 1.18 bits per heavy atom. The van der Waals surface area contributed by atoms with E-state index in [0.29, 0.717) is 17.9 Å². The minimum Gasteiger partial charge on any atom is -0.462 e. The van der Waals surface area contributed by atoms with E-state index in [2.05, 4.69) is 5.32 Å². The van der Waals surface area contributed by atoms with Crippen molar-refractivity contribution in [1.29, 1.82) is 0 Å². The van der Waals surface area contributed by atoms with Crippen LogP contribution in [0.25, 0.3) is 16.4 Å². The lowest BCUT2D eigenvalue weighted by Gasteiger charge is -2.03. The van der Waals surface area contributed by atoms with E-state index in [1.807, 2.05) is 40.9 Å². The number of aromatic nitrogens is 1. The third kappa shape index (κ3) is 2.30. The Labute approximate surface area is 127 Å². The largest absolute Gasteiger partial charge is 0.462 e. The normalized spacial score (nSPS) is 10.8. The number of nitrogens with one attached hydrogen (secondary N) is 1. The van der Waals surface area contributed by atoms with E-state index < -0.39 is 0 Å². The second-order valence-corrected chi connectivity index (χ2v) is 4.96. The third-order valence-corrected chi connectivity index (χ3v) is 3.44. The molecule has 0 spiro atoms. The molecule has 0 bridgehead atoms. The summed E-state index contributed by atoms with van der Waals surface area (Å²) < 4.78 is 7.10. The number of rotatable bonds is 3. The first-order chi connectivity index (χ1) is 10.6. The molecule has 0 unspecified atom stereocenters. The lowest BCUT2D eigenvalue weighted by atomic mass is 10.1. The number of pyridine rings is 1. The number of hydrogen-bond donors (Lipinski definition) is 1. The molecule has 22 heavy (non-hydrogen) atoms. The maximum Gasteiger partial charge on any atom is 0.340 e. The number of anilines is 1. The van der Waals surface area contributed by atoms with Gasteiger partial charge in [-0.05, 0) is 37.3 Å². The van der Waals surface area contributed by atoms with E-state index >= 15 is 0 Å². The minimum atomic E-state index is -0.339. The summed E-state index contributed by atoms with van der Waals surface area (Å²) in [7, 11) is 0. The zero-order valence-electron chi connectivity index (χ0n) is 12.4. The summed E-state index contributed by atoms with van der Waals surface area (Å²) in [6.45, 7) is 3.58. The van der Waals surface area contributed by atoms with E-state index in [9.17, 15) is 9.59 Å². The van der Waals surface area contributed by atoms with Gasteiger partial charge in [-0.2, -0.15) is 0 Å². The van der Waals surface area contributed by atoms with Crippen LogP contribution in [0.15, 0.2) is 42.6 Å². The van der Waals surface area contributed by atoms with Crippen molar-refractivity contribution in [1.82, 2.24) is 4.40 Å². The Bertz CT molecular complexity index is 880. The van der Waals surface area contributed by atoms with Crippen LogP contribution in [-0.2, 0) is 9.53 Å². The predicted octanol–water partition coefficient (Wildman–Crippen LogP) is 3.23. The molecule has 1 N–H and O–H groups in total. The maximum atomic E-state index is 12.3. The SMILES string of the molecule is CCOC(=O)c1c2ccc(NC(C)=O)cc2n2ccccc12. The van der Waals surface area contributed by atoms with E-state index in [-0.39, 0.29) is 11.9 Å². The van der Waals surface area contributed by atoms with Gasteiger partial charge in [0.1, 0.15) is 0 Å². The number of ether oxygens (including phenoxy) is 1. The van der Waals surface area contributed by atoms with Gasteiger partial charge in [0, 0.05) is 24.2 Å². The topological polar surface area (TPSA) is 59.8 Å². The van der Waals surface area contributed by atoms with Crippen LogP contribution >= 0.6 is 0 Å². The number of amides is 1. The molecule has 5 heteroatoms. The Kier molecular flexibility index (Phi) is 3.55. The summed E-state index contributed by atoms with van der Waals surface area (Å²) in [6.07, 6.45) is 1.89. The summed E-state index contributed by atoms with van der Waals surface area (Å²) in [6, 6.07) is 11.1. The highest BCUT2D eigenvalue weighted by Gasteiger charge is 2.19. The van der Waals surface area contributed by atoms with E-state index in [4.69, 9.17) is 4.74 Å². The van der Waals surface area contributed by atoms with Crippen LogP contribution in [0.2, 0.25) is 0 Å². The van der Waals surface area contributed by atoms with Crippen LogP contribution in [0.5, 0.6) is 0 Å². The van der Waals surface area contributed by atoms with Crippen molar-refractivity contribution in [2.24, 2.45) is 0 Å². The number of hydrogen-bond acceptors (Lipinski definition) is 3. The second kappa shape index (κ2) is 5.52. The summed E-state index contributed by atoms with van der Waals surface area (Å²) >= 11 is 0. The highest BCUT2D eigenvalue weighted by molar-refractivity contribution is 6.12. The molecule has 2 heterocycles. The molecule has 5 nitrogen and oxygen atoms in total. The molecule has 0 saturated carbocycles. The fourth-order valence-electron chi connectivity index (χ4n) is 2.64. The minimum absolute atomic E-state index is 0.133. The quantitative estimate of drug-likeness (QED) is 0.755. The molecule has 0 aliphatic carbocycles. The van der Waals surface area contributed by atoms with Crippen molar-refractivity contribution in [3.05, 3.63) is 48.2 Å². The lowest BCUT2D eigenvalue weighted by Crippen LogP contribution is -2.05. The zero-order valence-corrected chi connectivity index (χ0v) is 12.4. The Morgan fingerprint density at radius 2 is 2.00 bits per heavy atom. The molecular formula is C17H16N2O3. The van der Waals surface area contributed by atoms with Crippen molar-refractivity contribution in [2.45, 2.75) is 13.8 Å². The smallest absolute Gasteiger partial charge is 0.340 e. The molecule has 1 aromatic carbocycles. The Hall–Kier alpha value is -2.82. The van der Waals surface area contributed by atoms with Gasteiger partial charge in [0.25, 0.3) is 0 Å². The summed E-state index contributed by atoms with van der Waals surface area (Å²) in [5, 5.41) is 3.56. The summed E-state index contributed by atoms with van der Waals surface area (Å²) in [5.74, 6) is -0.473. The molecule has 112 valence electrons. The fraction of sp³-hybridized carbons (Fsp3) is 0.176. The van der Waals surface area contributed by atoms with E-state index in [1.54, 1.807) is 13.0 Å². The lowest BCUT2D eigenvalue weighted by molar-refractivity contribution is -0.114. The molecule has 0 aliphatic heterocycles. The number of esters is 1. The molecule has 3 aromatic rings. The summed E-state index contributed by atoms with van der Waals surface area (Å²) in [5.41, 5.74) is 2.88. The molecule has 0 aliphatic rings. The van der Waals surface area contributed by atoms with Gasteiger partial charge in [0.05, 0.1) is 23.2 Å². The predicted molar refractivity (Wildman–Crippen MR) is 85.2 cm³/mol. The molecule has 3 rings (SSSR count). The van der Waals surface area contributed by atoms with Crippen LogP contribution < -0.4 is 5.32 Å². The molecule has 0 atom stereocenters. The number of benzene rings is 1. The van der Waals surface area contributed by atoms with Crippen molar-refractivity contribution >= 4 is 34.0 Å². The Balaban J connectivity index is 2.29. The van der Waals surface area contributed by atoms with Gasteiger partial charge < -0.3 is 14.5 Å². The maximum absolute atomic E-state index is 12.3. The van der Waals surface area contributed by atoms with Crippen LogP contribution in [0.3, 0.4) is 0 Å². The van der Waals surface area contributed by atoms with Gasteiger partial charge in [-0.3, -0.25) is 4.79 Å². The number of fused-ring (bicyclic) bond motifs is 3. The van der Waals surface area contributed by atoms with Crippen LogP contribution in [0.1, 0.15) is 24.2 Å². The van der Waals surface area contributed by atoms with Gasteiger partial charge in [-0.15, -0.1) is 0 Å². The molecule has 0 fully saturated rings.